The van der Waals surface area contributed by atoms with E-state index >= 15 is 0 Å². The second kappa shape index (κ2) is 11.7. The van der Waals surface area contributed by atoms with Crippen molar-refractivity contribution in [1.29, 1.82) is 0 Å². The summed E-state index contributed by atoms with van der Waals surface area (Å²) in [6.45, 7) is 2.24. The fraction of sp³-hybridized carbons (Fsp3) is 0.111. The van der Waals surface area contributed by atoms with Crippen LogP contribution in [-0.4, -0.2) is 26.9 Å². The summed E-state index contributed by atoms with van der Waals surface area (Å²) >= 11 is 1.05. The number of rotatable bonds is 10. The highest BCUT2D eigenvalue weighted by molar-refractivity contribution is 7.94. The number of carbonyl (C=O) groups excluding carboxylic acids is 2. The molecular weight excluding hydrogens is 512 g/mol. The third-order valence-electron chi connectivity index (χ3n) is 5.16. The maximum Gasteiger partial charge on any atom is 0.341 e. The first-order chi connectivity index (χ1) is 17.9. The zero-order valence-corrected chi connectivity index (χ0v) is 21.4. The molecule has 0 saturated carbocycles. The van der Waals surface area contributed by atoms with Gasteiger partial charge in [-0.15, -0.1) is 11.3 Å². The Labute approximate surface area is 218 Å². The molecule has 1 unspecified atom stereocenters. The van der Waals surface area contributed by atoms with Crippen LogP contribution in [0.15, 0.2) is 101 Å². The molecular formula is C27H24N2O6S2. The SMILES string of the molecule is CCOc1ccccc1NC(=O)C(OC(=O)c1ccccc1NS(=O)(=O)c1cccs1)c1ccccc1. The monoisotopic (exact) mass is 536 g/mol. The van der Waals surface area contributed by atoms with Crippen molar-refractivity contribution < 1.29 is 27.5 Å². The lowest BCUT2D eigenvalue weighted by Crippen LogP contribution is -2.26. The Bertz CT molecular complexity index is 1470. The first-order valence-corrected chi connectivity index (χ1v) is 13.7. The highest BCUT2D eigenvalue weighted by atomic mass is 32.2. The van der Waals surface area contributed by atoms with E-state index in [-0.39, 0.29) is 15.5 Å². The number of hydrogen-bond acceptors (Lipinski definition) is 7. The molecule has 0 aliphatic rings. The third kappa shape index (κ3) is 6.35. The average Bonchev–Trinajstić information content (AvgIpc) is 3.45. The van der Waals surface area contributed by atoms with Gasteiger partial charge in [-0.2, -0.15) is 0 Å². The number of thiophene rings is 1. The number of anilines is 2. The van der Waals surface area contributed by atoms with Crippen LogP contribution in [-0.2, 0) is 19.6 Å². The molecule has 1 aromatic heterocycles. The highest BCUT2D eigenvalue weighted by Gasteiger charge is 2.28. The Kier molecular flexibility index (Phi) is 8.22. The zero-order valence-electron chi connectivity index (χ0n) is 19.8. The molecule has 0 spiro atoms. The maximum atomic E-state index is 13.4. The van der Waals surface area contributed by atoms with Gasteiger partial charge in [0.15, 0.2) is 0 Å². The van der Waals surface area contributed by atoms with Gasteiger partial charge in [-0.3, -0.25) is 9.52 Å². The number of benzene rings is 3. The Balaban J connectivity index is 1.61. The predicted molar refractivity (Wildman–Crippen MR) is 142 cm³/mol. The van der Waals surface area contributed by atoms with Crippen molar-refractivity contribution in [1.82, 2.24) is 0 Å². The van der Waals surface area contributed by atoms with E-state index < -0.39 is 28.0 Å². The van der Waals surface area contributed by atoms with Gasteiger partial charge < -0.3 is 14.8 Å². The molecule has 1 heterocycles. The van der Waals surface area contributed by atoms with Gasteiger partial charge in [0, 0.05) is 5.56 Å². The van der Waals surface area contributed by atoms with E-state index in [9.17, 15) is 18.0 Å². The summed E-state index contributed by atoms with van der Waals surface area (Å²) in [5.41, 5.74) is 0.871. The predicted octanol–water partition coefficient (Wildman–Crippen LogP) is 5.48. The maximum absolute atomic E-state index is 13.4. The van der Waals surface area contributed by atoms with Gasteiger partial charge >= 0.3 is 5.97 Å². The summed E-state index contributed by atoms with van der Waals surface area (Å²) in [4.78, 5) is 26.6. The number of sulfonamides is 1. The summed E-state index contributed by atoms with van der Waals surface area (Å²) in [6.07, 6.45) is -1.31. The molecule has 37 heavy (non-hydrogen) atoms. The summed E-state index contributed by atoms with van der Waals surface area (Å²) < 4.78 is 39.3. The number of carbonyl (C=O) groups is 2. The van der Waals surface area contributed by atoms with Crippen LogP contribution < -0.4 is 14.8 Å². The van der Waals surface area contributed by atoms with Crippen molar-refractivity contribution in [2.75, 3.05) is 16.6 Å². The summed E-state index contributed by atoms with van der Waals surface area (Å²) in [5, 5.41) is 4.41. The Morgan fingerprint density at radius 3 is 2.24 bits per heavy atom. The van der Waals surface area contributed by atoms with Gasteiger partial charge in [-0.25, -0.2) is 13.2 Å². The molecule has 8 nitrogen and oxygen atoms in total. The number of hydrogen-bond donors (Lipinski definition) is 2. The minimum absolute atomic E-state index is 0.0360. The molecule has 0 aliphatic carbocycles. The fourth-order valence-electron chi connectivity index (χ4n) is 3.48. The van der Waals surface area contributed by atoms with Crippen LogP contribution in [0, 0.1) is 0 Å². The molecule has 4 aromatic rings. The lowest BCUT2D eigenvalue weighted by Gasteiger charge is -2.20. The van der Waals surface area contributed by atoms with Gasteiger partial charge in [-0.1, -0.05) is 60.7 Å². The Hall–Kier alpha value is -4.15. The first kappa shape index (κ1) is 25.9. The van der Waals surface area contributed by atoms with Crippen LogP contribution in [0.2, 0.25) is 0 Å². The quantitative estimate of drug-likeness (QED) is 0.260. The van der Waals surface area contributed by atoms with E-state index in [1.807, 2.05) is 6.92 Å². The molecule has 0 aliphatic heterocycles. The van der Waals surface area contributed by atoms with E-state index in [0.717, 1.165) is 11.3 Å². The molecule has 10 heteroatoms. The molecule has 3 aromatic carbocycles. The van der Waals surface area contributed by atoms with Crippen molar-refractivity contribution in [2.24, 2.45) is 0 Å². The van der Waals surface area contributed by atoms with Gasteiger partial charge in [0.25, 0.3) is 15.9 Å². The minimum atomic E-state index is -3.91. The van der Waals surface area contributed by atoms with Gasteiger partial charge in [-0.05, 0) is 42.6 Å². The van der Waals surface area contributed by atoms with E-state index in [0.29, 0.717) is 23.6 Å². The molecule has 0 saturated heterocycles. The minimum Gasteiger partial charge on any atom is -0.492 e. The summed E-state index contributed by atoms with van der Waals surface area (Å²) in [6, 6.07) is 24.6. The number of esters is 1. The number of nitrogens with one attached hydrogen (secondary N) is 2. The van der Waals surface area contributed by atoms with Gasteiger partial charge in [0.1, 0.15) is 9.96 Å². The third-order valence-corrected chi connectivity index (χ3v) is 7.92. The summed E-state index contributed by atoms with van der Waals surface area (Å²) in [7, 11) is -3.91. The standard InChI is InChI=1S/C27H24N2O6S2/c1-2-34-23-16-9-8-15-22(23)28-26(30)25(19-11-4-3-5-12-19)35-27(31)20-13-6-7-14-21(20)29-37(32,33)24-17-10-18-36-24/h3-18,25,29H,2H2,1H3,(H,28,30). The molecule has 190 valence electrons. The van der Waals surface area contributed by atoms with Crippen LogP contribution in [0.1, 0.15) is 28.9 Å². The smallest absolute Gasteiger partial charge is 0.341 e. The lowest BCUT2D eigenvalue weighted by molar-refractivity contribution is -0.125. The first-order valence-electron chi connectivity index (χ1n) is 11.3. The molecule has 2 N–H and O–H groups in total. The highest BCUT2D eigenvalue weighted by Crippen LogP contribution is 2.29. The van der Waals surface area contributed by atoms with Crippen LogP contribution in [0.5, 0.6) is 5.75 Å². The number of para-hydroxylation sites is 3. The fourth-order valence-corrected chi connectivity index (χ4v) is 5.56. The number of amides is 1. The van der Waals surface area contributed by atoms with Crippen molar-refractivity contribution in [3.63, 3.8) is 0 Å². The molecule has 0 fully saturated rings. The Morgan fingerprint density at radius 1 is 0.865 bits per heavy atom. The van der Waals surface area contributed by atoms with Crippen LogP contribution in [0.25, 0.3) is 0 Å². The number of ether oxygens (including phenoxy) is 2. The second-order valence-electron chi connectivity index (χ2n) is 7.70. The molecule has 0 bridgehead atoms. The Morgan fingerprint density at radius 2 is 1.54 bits per heavy atom. The van der Waals surface area contributed by atoms with E-state index in [1.165, 1.54) is 18.2 Å². The van der Waals surface area contributed by atoms with Gasteiger partial charge in [0.05, 0.1) is 23.5 Å². The van der Waals surface area contributed by atoms with Crippen LogP contribution in [0.4, 0.5) is 11.4 Å². The average molecular weight is 537 g/mol. The van der Waals surface area contributed by atoms with E-state index in [4.69, 9.17) is 9.47 Å². The normalized spacial score (nSPS) is 11.8. The molecule has 1 atom stereocenters. The van der Waals surface area contributed by atoms with Crippen molar-refractivity contribution >= 4 is 44.6 Å². The zero-order chi connectivity index (χ0) is 26.3. The molecule has 1 amide bonds. The molecule has 4 rings (SSSR count). The van der Waals surface area contributed by atoms with Crippen molar-refractivity contribution in [3.05, 3.63) is 108 Å². The largest absolute Gasteiger partial charge is 0.492 e. The van der Waals surface area contributed by atoms with Crippen LogP contribution >= 0.6 is 11.3 Å². The van der Waals surface area contributed by atoms with Crippen molar-refractivity contribution in [3.8, 4) is 5.75 Å². The molecule has 0 radical (unpaired) electrons. The van der Waals surface area contributed by atoms with Gasteiger partial charge in [0.2, 0.25) is 6.10 Å². The van der Waals surface area contributed by atoms with Crippen LogP contribution in [0.3, 0.4) is 0 Å². The topological polar surface area (TPSA) is 111 Å². The second-order valence-corrected chi connectivity index (χ2v) is 10.6. The van der Waals surface area contributed by atoms with Crippen molar-refractivity contribution in [2.45, 2.75) is 17.2 Å². The van der Waals surface area contributed by atoms with E-state index in [1.54, 1.807) is 78.2 Å². The lowest BCUT2D eigenvalue weighted by atomic mass is 10.1. The summed E-state index contributed by atoms with van der Waals surface area (Å²) in [5.74, 6) is -0.986. The van der Waals surface area contributed by atoms with E-state index in [2.05, 4.69) is 10.0 Å².